The molecule has 0 unspecified atom stereocenters. The smallest absolute Gasteiger partial charge is 0.306 e. The van der Waals surface area contributed by atoms with Gasteiger partial charge in [0.15, 0.2) is 6.10 Å². The number of hydrogen-bond acceptors (Lipinski definition) is 6. The molecular formula is C38H66O6. The molecule has 2 N–H and O–H groups in total. The normalized spacial score (nSPS) is 13.6. The van der Waals surface area contributed by atoms with Gasteiger partial charge in [-0.1, -0.05) is 140 Å². The van der Waals surface area contributed by atoms with Crippen molar-refractivity contribution in [3.63, 3.8) is 0 Å². The Balaban J connectivity index is 3.75. The summed E-state index contributed by atoms with van der Waals surface area (Å²) in [6.45, 7) is 6.23. The molecule has 0 radical (unpaired) electrons. The van der Waals surface area contributed by atoms with E-state index in [2.05, 4.69) is 57.2 Å². The highest BCUT2D eigenvalue weighted by molar-refractivity contribution is 5.70. The fraction of sp³-hybridized carbons (Fsp3) is 0.737. The average molecular weight is 619 g/mol. The van der Waals surface area contributed by atoms with Gasteiger partial charge in [-0.3, -0.25) is 9.59 Å². The van der Waals surface area contributed by atoms with Gasteiger partial charge < -0.3 is 19.7 Å². The van der Waals surface area contributed by atoms with Crippen LogP contribution in [-0.4, -0.2) is 47.6 Å². The standard InChI is InChI=1S/C38H66O6/c1-4-5-28-35(40)29-24-20-16-12-8-6-7-9-13-18-22-26-31-38(42)44-36(32-39)33-43-37(41)30-25-21-17-14-10-11-15-19-23-27-34(2)3/h6-7,12-13,16,18,24,29,34-36,39-40H,4-5,8-11,14-15,17,19-23,25-28,30-33H2,1-3H3/b7-6-,16-12-,18-13-,29-24-/t35-,36+/m1/s1. The van der Waals surface area contributed by atoms with E-state index in [4.69, 9.17) is 9.47 Å². The number of carbonyl (C=O) groups excluding carboxylic acids is 2. The van der Waals surface area contributed by atoms with E-state index in [1.807, 2.05) is 12.2 Å². The van der Waals surface area contributed by atoms with Gasteiger partial charge in [0.05, 0.1) is 12.7 Å². The topological polar surface area (TPSA) is 93.1 Å². The van der Waals surface area contributed by atoms with Crippen molar-refractivity contribution in [2.45, 2.75) is 161 Å². The second-order valence-corrected chi connectivity index (χ2v) is 12.2. The number of aliphatic hydroxyl groups is 2. The Morgan fingerprint density at radius 3 is 1.80 bits per heavy atom. The van der Waals surface area contributed by atoms with Crippen LogP contribution < -0.4 is 0 Å². The minimum absolute atomic E-state index is 0.0990. The minimum atomic E-state index is -0.810. The third kappa shape index (κ3) is 31.3. The van der Waals surface area contributed by atoms with Crippen molar-refractivity contribution in [2.24, 2.45) is 5.92 Å². The molecule has 0 aromatic heterocycles. The summed E-state index contributed by atoms with van der Waals surface area (Å²) in [5.41, 5.74) is 0. The van der Waals surface area contributed by atoms with E-state index in [0.29, 0.717) is 12.8 Å². The van der Waals surface area contributed by atoms with Crippen LogP contribution in [0.5, 0.6) is 0 Å². The Morgan fingerprint density at radius 1 is 0.659 bits per heavy atom. The lowest BCUT2D eigenvalue weighted by atomic mass is 10.0. The number of ether oxygens (including phenoxy) is 2. The van der Waals surface area contributed by atoms with Crippen molar-refractivity contribution in [3.8, 4) is 0 Å². The van der Waals surface area contributed by atoms with E-state index in [1.54, 1.807) is 0 Å². The first kappa shape index (κ1) is 41.8. The largest absolute Gasteiger partial charge is 0.462 e. The van der Waals surface area contributed by atoms with E-state index in [9.17, 15) is 19.8 Å². The number of allylic oxidation sites excluding steroid dienone is 7. The van der Waals surface area contributed by atoms with Crippen molar-refractivity contribution in [3.05, 3.63) is 48.6 Å². The molecular weight excluding hydrogens is 552 g/mol. The molecule has 0 spiro atoms. The number of unbranched alkanes of at least 4 members (excludes halogenated alkanes) is 10. The SMILES string of the molecule is CCCC[C@@H](O)/C=C\C/C=C\C/C=C\C/C=C\CCCC(=O)O[C@@H](CO)COC(=O)CCCCCCCCCCCC(C)C. The van der Waals surface area contributed by atoms with Gasteiger partial charge >= 0.3 is 11.9 Å². The van der Waals surface area contributed by atoms with Gasteiger partial charge in [-0.15, -0.1) is 0 Å². The molecule has 0 saturated heterocycles. The van der Waals surface area contributed by atoms with Gasteiger partial charge in [0.1, 0.15) is 6.61 Å². The van der Waals surface area contributed by atoms with Crippen LogP contribution in [0, 0.1) is 5.92 Å². The zero-order chi connectivity index (χ0) is 32.5. The lowest BCUT2D eigenvalue weighted by molar-refractivity contribution is -0.161. The average Bonchev–Trinajstić information content (AvgIpc) is 3.00. The molecule has 0 aliphatic carbocycles. The third-order valence-corrected chi connectivity index (χ3v) is 7.37. The summed E-state index contributed by atoms with van der Waals surface area (Å²) >= 11 is 0. The van der Waals surface area contributed by atoms with Gasteiger partial charge in [0, 0.05) is 12.8 Å². The van der Waals surface area contributed by atoms with Crippen molar-refractivity contribution >= 4 is 11.9 Å². The highest BCUT2D eigenvalue weighted by atomic mass is 16.6. The molecule has 0 rings (SSSR count). The van der Waals surface area contributed by atoms with E-state index in [-0.39, 0.29) is 37.7 Å². The Hall–Kier alpha value is -2.18. The lowest BCUT2D eigenvalue weighted by Crippen LogP contribution is -2.28. The van der Waals surface area contributed by atoms with Crippen molar-refractivity contribution < 1.29 is 29.3 Å². The van der Waals surface area contributed by atoms with Gasteiger partial charge in [-0.2, -0.15) is 0 Å². The van der Waals surface area contributed by atoms with Crippen LogP contribution in [0.2, 0.25) is 0 Å². The Morgan fingerprint density at radius 2 is 1.20 bits per heavy atom. The maximum atomic E-state index is 12.1. The first-order valence-corrected chi connectivity index (χ1v) is 17.6. The minimum Gasteiger partial charge on any atom is -0.462 e. The predicted octanol–water partition coefficient (Wildman–Crippen LogP) is 9.50. The number of hydrogen-bond donors (Lipinski definition) is 2. The second-order valence-electron chi connectivity index (χ2n) is 12.2. The van der Waals surface area contributed by atoms with Gasteiger partial charge in [0.2, 0.25) is 0 Å². The maximum absolute atomic E-state index is 12.1. The summed E-state index contributed by atoms with van der Waals surface area (Å²) in [7, 11) is 0. The molecule has 0 aromatic carbocycles. The van der Waals surface area contributed by atoms with Crippen molar-refractivity contribution in [2.75, 3.05) is 13.2 Å². The molecule has 6 heteroatoms. The highest BCUT2D eigenvalue weighted by Gasteiger charge is 2.15. The zero-order valence-electron chi connectivity index (χ0n) is 28.4. The molecule has 0 aliphatic heterocycles. The summed E-state index contributed by atoms with van der Waals surface area (Å²) in [6.07, 6.45) is 35.1. The number of rotatable bonds is 30. The lowest BCUT2D eigenvalue weighted by Gasteiger charge is -2.15. The maximum Gasteiger partial charge on any atom is 0.306 e. The van der Waals surface area contributed by atoms with E-state index >= 15 is 0 Å². The van der Waals surface area contributed by atoms with Crippen LogP contribution in [0.3, 0.4) is 0 Å². The van der Waals surface area contributed by atoms with E-state index in [1.165, 1.54) is 44.9 Å². The monoisotopic (exact) mass is 618 g/mol. The Labute approximate surface area is 270 Å². The molecule has 0 fully saturated rings. The third-order valence-electron chi connectivity index (χ3n) is 7.37. The Kier molecular flexibility index (Phi) is 30.6. The first-order valence-electron chi connectivity index (χ1n) is 17.6. The molecule has 2 atom stereocenters. The summed E-state index contributed by atoms with van der Waals surface area (Å²) in [4.78, 5) is 24.1. The fourth-order valence-corrected chi connectivity index (χ4v) is 4.63. The van der Waals surface area contributed by atoms with E-state index in [0.717, 1.165) is 70.1 Å². The van der Waals surface area contributed by atoms with Crippen LogP contribution >= 0.6 is 0 Å². The molecule has 0 bridgehead atoms. The highest BCUT2D eigenvalue weighted by Crippen LogP contribution is 2.14. The number of carbonyl (C=O) groups is 2. The second kappa shape index (κ2) is 32.2. The molecule has 0 aliphatic rings. The van der Waals surface area contributed by atoms with Gasteiger partial charge in [-0.25, -0.2) is 0 Å². The summed E-state index contributed by atoms with van der Waals surface area (Å²) < 4.78 is 10.5. The quantitative estimate of drug-likeness (QED) is 0.0473. The van der Waals surface area contributed by atoms with Gasteiger partial charge in [-0.05, 0) is 50.9 Å². The first-order chi connectivity index (χ1) is 21.4. The van der Waals surface area contributed by atoms with Gasteiger partial charge in [0.25, 0.3) is 0 Å². The molecule has 44 heavy (non-hydrogen) atoms. The van der Waals surface area contributed by atoms with Crippen LogP contribution in [0.25, 0.3) is 0 Å². The fourth-order valence-electron chi connectivity index (χ4n) is 4.63. The predicted molar refractivity (Wildman–Crippen MR) is 183 cm³/mol. The molecule has 0 heterocycles. The molecule has 6 nitrogen and oxygen atoms in total. The summed E-state index contributed by atoms with van der Waals surface area (Å²) in [5.74, 6) is 0.125. The number of esters is 2. The molecule has 0 saturated carbocycles. The summed E-state index contributed by atoms with van der Waals surface area (Å²) in [6, 6.07) is 0. The molecule has 254 valence electrons. The van der Waals surface area contributed by atoms with Crippen LogP contribution in [0.15, 0.2) is 48.6 Å². The summed E-state index contributed by atoms with van der Waals surface area (Å²) in [5, 5.41) is 19.3. The Bertz CT molecular complexity index is 782. The van der Waals surface area contributed by atoms with E-state index < -0.39 is 6.10 Å². The zero-order valence-corrected chi connectivity index (χ0v) is 28.4. The van der Waals surface area contributed by atoms with Crippen LogP contribution in [0.4, 0.5) is 0 Å². The van der Waals surface area contributed by atoms with Crippen LogP contribution in [-0.2, 0) is 19.1 Å². The van der Waals surface area contributed by atoms with Crippen molar-refractivity contribution in [1.82, 2.24) is 0 Å². The van der Waals surface area contributed by atoms with Crippen molar-refractivity contribution in [1.29, 1.82) is 0 Å². The molecule has 0 aromatic rings. The number of aliphatic hydroxyl groups excluding tert-OH is 2. The van der Waals surface area contributed by atoms with Crippen LogP contribution in [0.1, 0.15) is 149 Å². The molecule has 0 amide bonds.